The van der Waals surface area contributed by atoms with Crippen LogP contribution in [0.4, 0.5) is 5.82 Å². The van der Waals surface area contributed by atoms with Crippen LogP contribution >= 0.6 is 0 Å². The normalized spacial score (nSPS) is 10.9. The fourth-order valence-corrected chi connectivity index (χ4v) is 2.59. The van der Waals surface area contributed by atoms with Gasteiger partial charge in [-0.05, 0) is 0 Å². The third-order valence-corrected chi connectivity index (χ3v) is 3.75. The topological polar surface area (TPSA) is 92.0 Å². The van der Waals surface area contributed by atoms with E-state index in [0.717, 1.165) is 16.5 Å². The predicted octanol–water partition coefficient (Wildman–Crippen LogP) is 0.793. The van der Waals surface area contributed by atoms with E-state index in [9.17, 15) is 0 Å². The first-order valence-corrected chi connectivity index (χ1v) is 7.53. The molecule has 2 heterocycles. The Morgan fingerprint density at radius 3 is 2.73 bits per heavy atom. The van der Waals surface area contributed by atoms with Crippen molar-refractivity contribution in [3.63, 3.8) is 0 Å². The molecule has 2 aromatic heterocycles. The van der Waals surface area contributed by atoms with Gasteiger partial charge in [-0.2, -0.15) is 0 Å². The number of anilines is 1. The van der Waals surface area contributed by atoms with Crippen LogP contribution in [0.1, 0.15) is 11.1 Å². The number of hydrogen-bond donors (Lipinski definition) is 2. The molecule has 0 fully saturated rings. The number of hydrogen-bond acceptors (Lipinski definition) is 5. The molecule has 1 aromatic carbocycles. The summed E-state index contributed by atoms with van der Waals surface area (Å²) in [7, 11) is 0. The van der Waals surface area contributed by atoms with Gasteiger partial charge in [0, 0.05) is 0 Å². The van der Waals surface area contributed by atoms with Gasteiger partial charge in [-0.15, -0.1) is 0 Å². The van der Waals surface area contributed by atoms with Gasteiger partial charge in [-0.3, -0.25) is 0 Å². The molecule has 4 N–H and O–H groups in total. The van der Waals surface area contributed by atoms with Gasteiger partial charge in [0.2, 0.25) is 0 Å². The van der Waals surface area contributed by atoms with Crippen LogP contribution in [-0.4, -0.2) is 34.7 Å². The predicted molar refractivity (Wildman–Crippen MR) is 87.2 cm³/mol. The van der Waals surface area contributed by atoms with E-state index in [0.29, 0.717) is 29.3 Å². The number of nitrogens with zero attached hydrogens (tertiary/aromatic N) is 3. The van der Waals surface area contributed by atoms with Crippen LogP contribution in [0.5, 0.6) is 0 Å². The summed E-state index contributed by atoms with van der Waals surface area (Å²) in [4.78, 5) is 8.30. The summed E-state index contributed by atoms with van der Waals surface area (Å²) in [6.45, 7) is 0.878. The van der Waals surface area contributed by atoms with Gasteiger partial charge in [-0.1, -0.05) is 0 Å². The van der Waals surface area contributed by atoms with Crippen molar-refractivity contribution in [1.29, 1.82) is 0 Å². The Bertz CT molecular complexity index is 815. The first kappa shape index (κ1) is 14.7. The first-order valence-electron chi connectivity index (χ1n) is 6.67. The van der Waals surface area contributed by atoms with Crippen molar-refractivity contribution < 1.29 is 4.74 Å². The molecular formula is C15H15N5OSe. The van der Waals surface area contributed by atoms with E-state index in [-0.39, 0.29) is 0 Å². The van der Waals surface area contributed by atoms with Gasteiger partial charge < -0.3 is 0 Å². The summed E-state index contributed by atoms with van der Waals surface area (Å²) < 4.78 is 8.17. The maximum absolute atomic E-state index is 5.94. The van der Waals surface area contributed by atoms with E-state index in [1.54, 1.807) is 0 Å². The molecule has 22 heavy (non-hydrogen) atoms. The van der Waals surface area contributed by atoms with Crippen LogP contribution in [0.15, 0.2) is 42.9 Å². The Morgan fingerprint density at radius 1 is 1.23 bits per heavy atom. The fraction of sp³-hybridized carbons (Fsp3) is 0.133. The van der Waals surface area contributed by atoms with Crippen molar-refractivity contribution in [1.82, 2.24) is 14.5 Å². The maximum atomic E-state index is 5.94. The summed E-state index contributed by atoms with van der Waals surface area (Å²) in [6.07, 6.45) is 3.30. The Morgan fingerprint density at radius 2 is 2.00 bits per heavy atom. The van der Waals surface area contributed by atoms with Crippen LogP contribution in [0.3, 0.4) is 0 Å². The molecule has 0 radical (unpaired) electrons. The molecule has 7 heteroatoms. The fourth-order valence-electron chi connectivity index (χ4n) is 2.27. The van der Waals surface area contributed by atoms with Gasteiger partial charge in [0.05, 0.1) is 0 Å². The second-order valence-electron chi connectivity index (χ2n) is 4.80. The Hall–Kier alpha value is -2.21. The first-order chi connectivity index (χ1) is 10.7. The molecule has 112 valence electrons. The van der Waals surface area contributed by atoms with E-state index >= 15 is 0 Å². The van der Waals surface area contributed by atoms with Gasteiger partial charge >= 0.3 is 135 Å². The number of aromatic nitrogens is 3. The molecule has 0 atom stereocenters. The molecule has 3 aromatic rings. The van der Waals surface area contributed by atoms with Crippen molar-refractivity contribution in [3.8, 4) is 0 Å². The summed E-state index contributed by atoms with van der Waals surface area (Å²) in [5, 5.41) is 0.738. The molecular weight excluding hydrogens is 345 g/mol. The van der Waals surface area contributed by atoms with Crippen LogP contribution in [0.25, 0.3) is 11.0 Å². The number of nitrogen functional groups attached to an aromatic ring is 1. The molecule has 6 nitrogen and oxygen atoms in total. The standard InChI is InChI=1S/C15H15N5OSe/c16-13-12-11(14(17)22)6-20(15(12)19-8-18-13)9-21-7-10-4-2-1-3-5-10/h1-6,8H,7,9H2,(H2,17,22)(H2,16,18,19). The molecule has 0 amide bonds. The number of benzene rings is 1. The second-order valence-corrected chi connectivity index (χ2v) is 5.72. The third kappa shape index (κ3) is 2.87. The monoisotopic (exact) mass is 361 g/mol. The van der Waals surface area contributed by atoms with Gasteiger partial charge in [-0.25, -0.2) is 0 Å². The molecule has 0 unspecified atom stereocenters. The quantitative estimate of drug-likeness (QED) is 0.657. The van der Waals surface area contributed by atoms with Crippen molar-refractivity contribution >= 4 is 37.0 Å². The number of rotatable bonds is 5. The average Bonchev–Trinajstić information content (AvgIpc) is 2.89. The van der Waals surface area contributed by atoms with Crippen molar-refractivity contribution in [2.24, 2.45) is 5.73 Å². The molecule has 0 saturated carbocycles. The summed E-state index contributed by atoms with van der Waals surface area (Å²) in [5.41, 5.74) is 14.4. The zero-order chi connectivity index (χ0) is 15.5. The molecule has 0 aliphatic rings. The van der Waals surface area contributed by atoms with Crippen molar-refractivity contribution in [3.05, 3.63) is 54.0 Å². The minimum atomic E-state index is 0.356. The van der Waals surface area contributed by atoms with Crippen LogP contribution in [0, 0.1) is 0 Å². The summed E-state index contributed by atoms with van der Waals surface area (Å²) in [5.74, 6) is 0.403. The van der Waals surface area contributed by atoms with E-state index in [4.69, 9.17) is 16.2 Å². The van der Waals surface area contributed by atoms with Crippen LogP contribution in [-0.2, 0) is 18.1 Å². The third-order valence-electron chi connectivity index (χ3n) is 3.29. The molecule has 0 aliphatic carbocycles. The van der Waals surface area contributed by atoms with E-state index < -0.39 is 0 Å². The summed E-state index contributed by atoms with van der Waals surface area (Å²) >= 11 is 2.80. The van der Waals surface area contributed by atoms with Crippen LogP contribution in [0.2, 0.25) is 0 Å². The number of nitrogens with two attached hydrogens (primary N) is 2. The number of fused-ring (bicyclic) bond motifs is 1. The zero-order valence-corrected chi connectivity index (χ0v) is 13.5. The van der Waals surface area contributed by atoms with E-state index in [1.165, 1.54) is 6.33 Å². The Labute approximate surface area is 135 Å². The summed E-state index contributed by atoms with van der Waals surface area (Å²) in [6, 6.07) is 9.99. The zero-order valence-electron chi connectivity index (χ0n) is 11.8. The number of ether oxygens (including phenoxy) is 1. The molecule has 0 spiro atoms. The van der Waals surface area contributed by atoms with Gasteiger partial charge in [0.1, 0.15) is 0 Å². The second kappa shape index (κ2) is 6.27. The molecule has 0 bridgehead atoms. The Balaban J connectivity index is 1.85. The molecule has 0 aliphatic heterocycles. The van der Waals surface area contributed by atoms with Crippen LogP contribution < -0.4 is 11.5 Å². The van der Waals surface area contributed by atoms with E-state index in [1.807, 2.05) is 41.1 Å². The van der Waals surface area contributed by atoms with Crippen molar-refractivity contribution in [2.75, 3.05) is 5.73 Å². The molecule has 3 rings (SSSR count). The Kier molecular flexibility index (Phi) is 4.20. The minimum absolute atomic E-state index is 0.356. The van der Waals surface area contributed by atoms with E-state index in [2.05, 4.69) is 25.5 Å². The SMILES string of the molecule is NC(=[Se])c1cn(COCc2ccccc2)c2ncnc(N)c12. The molecule has 0 saturated heterocycles. The van der Waals surface area contributed by atoms with Crippen molar-refractivity contribution in [2.45, 2.75) is 13.3 Å². The van der Waals surface area contributed by atoms with Gasteiger partial charge in [0.25, 0.3) is 0 Å². The average molecular weight is 360 g/mol. The van der Waals surface area contributed by atoms with Gasteiger partial charge in [0.15, 0.2) is 0 Å².